The third kappa shape index (κ3) is 2.91. The molecule has 0 fully saturated rings. The van der Waals surface area contributed by atoms with E-state index in [9.17, 15) is 13.2 Å². The Labute approximate surface area is 98.2 Å². The summed E-state index contributed by atoms with van der Waals surface area (Å²) in [7, 11) is 0. The zero-order chi connectivity index (χ0) is 12.5. The number of para-hydroxylation sites is 1. The summed E-state index contributed by atoms with van der Waals surface area (Å²) in [5, 5.41) is 0. The molecule has 17 heavy (non-hydrogen) atoms. The smallest absolute Gasteiger partial charge is 0.371 e. The fourth-order valence-corrected chi connectivity index (χ4v) is 2.15. The molecule has 1 unspecified atom stereocenters. The van der Waals surface area contributed by atoms with Gasteiger partial charge in [-0.3, -0.25) is 0 Å². The largest absolute Gasteiger partial charge is 0.390 e. The summed E-state index contributed by atoms with van der Waals surface area (Å²) in [6.45, 7) is 0.599. The molecule has 0 amide bonds. The second kappa shape index (κ2) is 4.56. The van der Waals surface area contributed by atoms with Crippen LogP contribution in [0.15, 0.2) is 24.3 Å². The molecule has 0 saturated heterocycles. The number of hydrogen-bond donors (Lipinski definition) is 1. The van der Waals surface area contributed by atoms with Crippen LogP contribution in [0.25, 0.3) is 0 Å². The van der Waals surface area contributed by atoms with E-state index in [2.05, 4.69) is 0 Å². The quantitative estimate of drug-likeness (QED) is 0.866. The van der Waals surface area contributed by atoms with Crippen molar-refractivity contribution < 1.29 is 13.2 Å². The van der Waals surface area contributed by atoms with Crippen molar-refractivity contribution in [2.75, 3.05) is 18.0 Å². The standard InChI is InChI=1S/C12H15F3N2/c13-12(14,15)6-8-17-7-5-10(16)9-3-1-2-4-11(9)17/h1-4,10H,5-8,16H2. The van der Waals surface area contributed by atoms with E-state index in [0.717, 1.165) is 11.3 Å². The molecule has 0 bridgehead atoms. The van der Waals surface area contributed by atoms with Gasteiger partial charge in [-0.1, -0.05) is 18.2 Å². The van der Waals surface area contributed by atoms with Crippen molar-refractivity contribution in [1.29, 1.82) is 0 Å². The minimum atomic E-state index is -4.10. The predicted octanol–water partition coefficient (Wildman–Crippen LogP) is 2.85. The van der Waals surface area contributed by atoms with Crippen molar-refractivity contribution in [3.8, 4) is 0 Å². The molecule has 1 atom stereocenters. The molecular formula is C12H15F3N2. The van der Waals surface area contributed by atoms with Crippen molar-refractivity contribution >= 4 is 5.69 Å². The van der Waals surface area contributed by atoms with Gasteiger partial charge in [-0.2, -0.15) is 13.2 Å². The SMILES string of the molecule is NC1CCN(CCC(F)(F)F)c2ccccc21. The minimum Gasteiger partial charge on any atom is -0.371 e. The molecule has 2 N–H and O–H groups in total. The Hall–Kier alpha value is -1.23. The van der Waals surface area contributed by atoms with Gasteiger partial charge in [-0.15, -0.1) is 0 Å². The van der Waals surface area contributed by atoms with E-state index in [-0.39, 0.29) is 12.6 Å². The Morgan fingerprint density at radius 3 is 2.71 bits per heavy atom. The molecule has 0 spiro atoms. The van der Waals surface area contributed by atoms with E-state index in [1.54, 1.807) is 4.90 Å². The summed E-state index contributed by atoms with van der Waals surface area (Å²) in [5.74, 6) is 0. The van der Waals surface area contributed by atoms with Crippen LogP contribution >= 0.6 is 0 Å². The van der Waals surface area contributed by atoms with Crippen molar-refractivity contribution in [3.05, 3.63) is 29.8 Å². The van der Waals surface area contributed by atoms with Crippen molar-refractivity contribution in [3.63, 3.8) is 0 Å². The van der Waals surface area contributed by atoms with Crippen LogP contribution in [-0.2, 0) is 0 Å². The summed E-state index contributed by atoms with van der Waals surface area (Å²) in [6.07, 6.45) is -4.18. The number of benzene rings is 1. The molecule has 0 radical (unpaired) electrons. The minimum absolute atomic E-state index is 0.00718. The lowest BCUT2D eigenvalue weighted by atomic mass is 9.97. The number of anilines is 1. The highest BCUT2D eigenvalue weighted by atomic mass is 19.4. The van der Waals surface area contributed by atoms with Gasteiger partial charge in [0.05, 0.1) is 6.42 Å². The second-order valence-corrected chi connectivity index (χ2v) is 4.31. The van der Waals surface area contributed by atoms with Gasteiger partial charge in [0, 0.05) is 24.8 Å². The van der Waals surface area contributed by atoms with E-state index in [0.29, 0.717) is 13.0 Å². The first kappa shape index (κ1) is 12.2. The first-order chi connectivity index (χ1) is 7.97. The van der Waals surface area contributed by atoms with Crippen LogP contribution in [0, 0.1) is 0 Å². The topological polar surface area (TPSA) is 29.3 Å². The number of nitrogens with two attached hydrogens (primary N) is 1. The van der Waals surface area contributed by atoms with Gasteiger partial charge in [-0.25, -0.2) is 0 Å². The van der Waals surface area contributed by atoms with Gasteiger partial charge in [0.2, 0.25) is 0 Å². The third-order valence-corrected chi connectivity index (χ3v) is 3.05. The molecule has 1 aromatic rings. The van der Waals surface area contributed by atoms with E-state index >= 15 is 0 Å². The summed E-state index contributed by atoms with van der Waals surface area (Å²) in [4.78, 5) is 1.77. The fourth-order valence-electron chi connectivity index (χ4n) is 2.15. The van der Waals surface area contributed by atoms with Crippen LogP contribution in [0.5, 0.6) is 0 Å². The Kier molecular flexibility index (Phi) is 3.28. The normalized spacial score (nSPS) is 20.2. The molecule has 94 valence electrons. The van der Waals surface area contributed by atoms with Gasteiger partial charge >= 0.3 is 6.18 Å². The highest BCUT2D eigenvalue weighted by molar-refractivity contribution is 5.56. The monoisotopic (exact) mass is 244 g/mol. The fraction of sp³-hybridized carbons (Fsp3) is 0.500. The Bertz CT molecular complexity index is 390. The average Bonchev–Trinajstić information content (AvgIpc) is 2.27. The molecule has 1 heterocycles. The maximum absolute atomic E-state index is 12.2. The molecular weight excluding hydrogens is 229 g/mol. The third-order valence-electron chi connectivity index (χ3n) is 3.05. The molecule has 1 aliphatic rings. The Balaban J connectivity index is 2.13. The number of rotatable bonds is 2. The van der Waals surface area contributed by atoms with Crippen LogP contribution < -0.4 is 10.6 Å². The van der Waals surface area contributed by atoms with Crippen LogP contribution in [-0.4, -0.2) is 19.3 Å². The summed E-state index contributed by atoms with van der Waals surface area (Å²) >= 11 is 0. The van der Waals surface area contributed by atoms with Crippen molar-refractivity contribution in [1.82, 2.24) is 0 Å². The number of halogens is 3. The van der Waals surface area contributed by atoms with Gasteiger partial charge in [-0.05, 0) is 18.1 Å². The zero-order valence-electron chi connectivity index (χ0n) is 9.37. The lowest BCUT2D eigenvalue weighted by molar-refractivity contribution is -0.132. The van der Waals surface area contributed by atoms with Crippen LogP contribution in [0.2, 0.25) is 0 Å². The predicted molar refractivity (Wildman–Crippen MR) is 60.9 cm³/mol. The summed E-state index contributed by atoms with van der Waals surface area (Å²) < 4.78 is 36.6. The molecule has 0 aromatic heterocycles. The lowest BCUT2D eigenvalue weighted by Gasteiger charge is -2.34. The van der Waals surface area contributed by atoms with E-state index in [4.69, 9.17) is 5.73 Å². The van der Waals surface area contributed by atoms with E-state index in [1.807, 2.05) is 24.3 Å². The first-order valence-corrected chi connectivity index (χ1v) is 5.63. The molecule has 5 heteroatoms. The van der Waals surface area contributed by atoms with Crippen molar-refractivity contribution in [2.45, 2.75) is 25.1 Å². The van der Waals surface area contributed by atoms with Gasteiger partial charge in [0.1, 0.15) is 0 Å². The number of alkyl halides is 3. The lowest BCUT2D eigenvalue weighted by Crippen LogP contribution is -2.35. The Morgan fingerprint density at radius 1 is 1.29 bits per heavy atom. The zero-order valence-corrected chi connectivity index (χ0v) is 9.37. The number of nitrogens with zero attached hydrogens (tertiary/aromatic N) is 1. The summed E-state index contributed by atoms with van der Waals surface area (Å²) in [6, 6.07) is 7.36. The highest BCUT2D eigenvalue weighted by Crippen LogP contribution is 2.33. The number of hydrogen-bond acceptors (Lipinski definition) is 2. The molecule has 0 saturated carbocycles. The Morgan fingerprint density at radius 2 is 2.00 bits per heavy atom. The molecule has 1 aliphatic heterocycles. The molecule has 2 rings (SSSR count). The van der Waals surface area contributed by atoms with Crippen LogP contribution in [0.4, 0.5) is 18.9 Å². The van der Waals surface area contributed by atoms with Gasteiger partial charge in [0.15, 0.2) is 0 Å². The number of fused-ring (bicyclic) bond motifs is 1. The van der Waals surface area contributed by atoms with E-state index in [1.165, 1.54) is 0 Å². The maximum Gasteiger partial charge on any atom is 0.390 e. The van der Waals surface area contributed by atoms with Gasteiger partial charge < -0.3 is 10.6 Å². The molecule has 0 aliphatic carbocycles. The maximum atomic E-state index is 12.2. The second-order valence-electron chi connectivity index (χ2n) is 4.31. The summed E-state index contributed by atoms with van der Waals surface area (Å²) in [5.41, 5.74) is 7.73. The first-order valence-electron chi connectivity index (χ1n) is 5.63. The molecule has 2 nitrogen and oxygen atoms in total. The average molecular weight is 244 g/mol. The van der Waals surface area contributed by atoms with Crippen LogP contribution in [0.3, 0.4) is 0 Å². The van der Waals surface area contributed by atoms with Gasteiger partial charge in [0.25, 0.3) is 0 Å². The van der Waals surface area contributed by atoms with Crippen molar-refractivity contribution in [2.24, 2.45) is 5.73 Å². The highest BCUT2D eigenvalue weighted by Gasteiger charge is 2.29. The van der Waals surface area contributed by atoms with E-state index < -0.39 is 12.6 Å². The van der Waals surface area contributed by atoms with Crippen LogP contribution in [0.1, 0.15) is 24.4 Å². The molecule has 1 aromatic carbocycles.